The van der Waals surface area contributed by atoms with Crippen LogP contribution < -0.4 is 0 Å². The van der Waals surface area contributed by atoms with Crippen molar-refractivity contribution >= 4 is 0 Å². The highest BCUT2D eigenvalue weighted by Gasteiger charge is 2.26. The van der Waals surface area contributed by atoms with Crippen LogP contribution in [-0.4, -0.2) is 30.7 Å². The van der Waals surface area contributed by atoms with Crippen LogP contribution in [0.5, 0.6) is 0 Å². The van der Waals surface area contributed by atoms with E-state index in [1.54, 1.807) is 0 Å². The van der Waals surface area contributed by atoms with E-state index in [9.17, 15) is 0 Å². The number of rotatable bonds is 3. The minimum absolute atomic E-state index is 0.319. The van der Waals surface area contributed by atoms with E-state index in [4.69, 9.17) is 4.74 Å². The van der Waals surface area contributed by atoms with Crippen molar-refractivity contribution < 1.29 is 4.74 Å². The van der Waals surface area contributed by atoms with Crippen LogP contribution >= 0.6 is 0 Å². The molecule has 1 aromatic rings. The molecule has 0 aliphatic carbocycles. The average Bonchev–Trinajstić information content (AvgIpc) is 2.31. The highest BCUT2D eigenvalue weighted by atomic mass is 16.5. The van der Waals surface area contributed by atoms with Gasteiger partial charge in [-0.1, -0.05) is 36.4 Å². The summed E-state index contributed by atoms with van der Waals surface area (Å²) >= 11 is 0. The van der Waals surface area contributed by atoms with Crippen LogP contribution in [0.4, 0.5) is 0 Å². The Labute approximate surface area is 97.5 Å². The Balaban J connectivity index is 2.15. The van der Waals surface area contributed by atoms with Crippen LogP contribution in [0.1, 0.15) is 18.5 Å². The summed E-state index contributed by atoms with van der Waals surface area (Å²) in [7, 11) is 0. The monoisotopic (exact) mass is 217 g/mol. The maximum atomic E-state index is 5.75. The highest BCUT2D eigenvalue weighted by Crippen LogP contribution is 2.25. The highest BCUT2D eigenvalue weighted by molar-refractivity contribution is 5.19. The third-order valence-corrected chi connectivity index (χ3v) is 3.02. The largest absolute Gasteiger partial charge is 0.375 e. The van der Waals surface area contributed by atoms with Gasteiger partial charge in [0.25, 0.3) is 0 Å². The quantitative estimate of drug-likeness (QED) is 0.722. The van der Waals surface area contributed by atoms with Crippen molar-refractivity contribution in [2.75, 3.05) is 19.7 Å². The van der Waals surface area contributed by atoms with Crippen molar-refractivity contribution in [3.63, 3.8) is 0 Å². The Morgan fingerprint density at radius 1 is 1.44 bits per heavy atom. The lowest BCUT2D eigenvalue weighted by molar-refractivity contribution is -0.0516. The molecule has 2 atom stereocenters. The average molecular weight is 217 g/mol. The van der Waals surface area contributed by atoms with Gasteiger partial charge in [0.2, 0.25) is 0 Å². The van der Waals surface area contributed by atoms with Gasteiger partial charge in [0.05, 0.1) is 18.8 Å². The summed E-state index contributed by atoms with van der Waals surface area (Å²) in [5, 5.41) is 0. The molecule has 2 heteroatoms. The Bertz CT molecular complexity index is 336. The first kappa shape index (κ1) is 11.4. The van der Waals surface area contributed by atoms with Gasteiger partial charge in [-0.05, 0) is 12.5 Å². The number of hydrogen-bond donors (Lipinski definition) is 0. The molecule has 1 saturated heterocycles. The number of nitrogens with zero attached hydrogens (tertiary/aromatic N) is 1. The van der Waals surface area contributed by atoms with Gasteiger partial charge in [-0.25, -0.2) is 0 Å². The van der Waals surface area contributed by atoms with Crippen molar-refractivity contribution in [1.82, 2.24) is 4.90 Å². The molecule has 1 aliphatic rings. The second-order valence-electron chi connectivity index (χ2n) is 4.31. The molecule has 0 N–H and O–H groups in total. The second-order valence-corrected chi connectivity index (χ2v) is 4.31. The zero-order valence-corrected chi connectivity index (χ0v) is 9.80. The normalized spacial score (nSPS) is 26.6. The van der Waals surface area contributed by atoms with Crippen LogP contribution in [0, 0.1) is 0 Å². The van der Waals surface area contributed by atoms with E-state index >= 15 is 0 Å². The maximum Gasteiger partial charge on any atom is 0.0675 e. The molecule has 2 rings (SSSR count). The number of morpholine rings is 1. The molecule has 0 unspecified atom stereocenters. The molecule has 0 amide bonds. The van der Waals surface area contributed by atoms with Crippen molar-refractivity contribution in [3.05, 3.63) is 48.6 Å². The molecule has 0 aromatic heterocycles. The second kappa shape index (κ2) is 5.28. The number of benzene rings is 1. The Hall–Kier alpha value is -1.12. The molecule has 0 saturated carbocycles. The lowest BCUT2D eigenvalue weighted by atomic mass is 10.0. The van der Waals surface area contributed by atoms with Crippen molar-refractivity contribution in [1.29, 1.82) is 0 Å². The van der Waals surface area contributed by atoms with E-state index in [1.165, 1.54) is 5.56 Å². The van der Waals surface area contributed by atoms with Crippen LogP contribution in [0.3, 0.4) is 0 Å². The SMILES string of the molecule is C=CCN1C[C@@H](C)OC[C@H]1c1ccccc1. The first-order valence-corrected chi connectivity index (χ1v) is 5.82. The fourth-order valence-electron chi connectivity index (χ4n) is 2.22. The smallest absolute Gasteiger partial charge is 0.0675 e. The van der Waals surface area contributed by atoms with Crippen LogP contribution in [0.2, 0.25) is 0 Å². The van der Waals surface area contributed by atoms with E-state index in [0.29, 0.717) is 12.1 Å². The predicted molar refractivity (Wildman–Crippen MR) is 66.4 cm³/mol. The third kappa shape index (κ3) is 2.52. The lowest BCUT2D eigenvalue weighted by Gasteiger charge is -2.38. The van der Waals surface area contributed by atoms with Crippen LogP contribution in [0.25, 0.3) is 0 Å². The molecular formula is C14H19NO. The molecular weight excluding hydrogens is 198 g/mol. The van der Waals surface area contributed by atoms with Gasteiger partial charge in [-0.2, -0.15) is 0 Å². The van der Waals surface area contributed by atoms with Gasteiger partial charge in [0.15, 0.2) is 0 Å². The summed E-state index contributed by atoms with van der Waals surface area (Å²) in [6, 6.07) is 10.9. The predicted octanol–water partition coefficient (Wildman–Crippen LogP) is 2.63. The Kier molecular flexibility index (Phi) is 3.75. The molecule has 1 fully saturated rings. The zero-order chi connectivity index (χ0) is 11.4. The minimum Gasteiger partial charge on any atom is -0.375 e. The van der Waals surface area contributed by atoms with E-state index in [0.717, 1.165) is 19.7 Å². The fourth-order valence-corrected chi connectivity index (χ4v) is 2.22. The molecule has 0 radical (unpaired) electrons. The molecule has 2 nitrogen and oxygen atoms in total. The van der Waals surface area contributed by atoms with Crippen LogP contribution in [0.15, 0.2) is 43.0 Å². The fraction of sp³-hybridized carbons (Fsp3) is 0.429. The van der Waals surface area contributed by atoms with Gasteiger partial charge in [-0.15, -0.1) is 6.58 Å². The number of ether oxygens (including phenoxy) is 1. The minimum atomic E-state index is 0.319. The van der Waals surface area contributed by atoms with Crippen molar-refractivity contribution in [2.45, 2.75) is 19.1 Å². The molecule has 16 heavy (non-hydrogen) atoms. The van der Waals surface area contributed by atoms with E-state index in [1.807, 2.05) is 12.1 Å². The topological polar surface area (TPSA) is 12.5 Å². The van der Waals surface area contributed by atoms with E-state index < -0.39 is 0 Å². The van der Waals surface area contributed by atoms with Gasteiger partial charge in [-0.3, -0.25) is 4.90 Å². The van der Waals surface area contributed by atoms with Crippen molar-refractivity contribution in [2.24, 2.45) is 0 Å². The first-order chi connectivity index (χ1) is 7.81. The lowest BCUT2D eigenvalue weighted by Crippen LogP contribution is -2.43. The summed E-state index contributed by atoms with van der Waals surface area (Å²) in [5.41, 5.74) is 1.33. The summed E-state index contributed by atoms with van der Waals surface area (Å²) < 4.78 is 5.75. The Morgan fingerprint density at radius 2 is 2.19 bits per heavy atom. The standard InChI is InChI=1S/C14H19NO/c1-3-9-15-10-12(2)16-11-14(15)13-7-5-4-6-8-13/h3-8,12,14H,1,9-11H2,2H3/t12-,14+/m1/s1. The maximum absolute atomic E-state index is 5.75. The van der Waals surface area contributed by atoms with Crippen molar-refractivity contribution in [3.8, 4) is 0 Å². The summed E-state index contributed by atoms with van der Waals surface area (Å²) in [6.45, 7) is 8.63. The van der Waals surface area contributed by atoms with Gasteiger partial charge in [0, 0.05) is 13.1 Å². The summed E-state index contributed by atoms with van der Waals surface area (Å²) in [4.78, 5) is 2.43. The van der Waals surface area contributed by atoms with E-state index in [2.05, 4.69) is 42.7 Å². The molecule has 1 aromatic carbocycles. The van der Waals surface area contributed by atoms with Gasteiger partial charge < -0.3 is 4.74 Å². The van der Waals surface area contributed by atoms with E-state index in [-0.39, 0.29) is 0 Å². The summed E-state index contributed by atoms with van der Waals surface area (Å²) in [5.74, 6) is 0. The van der Waals surface area contributed by atoms with Crippen LogP contribution in [-0.2, 0) is 4.74 Å². The number of hydrogen-bond acceptors (Lipinski definition) is 2. The summed E-state index contributed by atoms with van der Waals surface area (Å²) in [6.07, 6.45) is 2.29. The molecule has 0 bridgehead atoms. The van der Waals surface area contributed by atoms with Gasteiger partial charge in [0.1, 0.15) is 0 Å². The Morgan fingerprint density at radius 3 is 2.88 bits per heavy atom. The molecule has 1 aliphatic heterocycles. The zero-order valence-electron chi connectivity index (χ0n) is 9.80. The third-order valence-electron chi connectivity index (χ3n) is 3.02. The molecule has 1 heterocycles. The molecule has 0 spiro atoms. The first-order valence-electron chi connectivity index (χ1n) is 5.82. The van der Waals surface area contributed by atoms with Gasteiger partial charge >= 0.3 is 0 Å². The molecule has 86 valence electrons.